The third-order valence-corrected chi connectivity index (χ3v) is 7.15. The van der Waals surface area contributed by atoms with Crippen molar-refractivity contribution in [1.29, 1.82) is 0 Å². The zero-order valence-electron chi connectivity index (χ0n) is 23.9. The topological polar surface area (TPSA) is 79.0 Å². The molecule has 0 aromatic rings. The van der Waals surface area contributed by atoms with Crippen LogP contribution in [0.1, 0.15) is 94.4 Å². The van der Waals surface area contributed by atoms with E-state index in [2.05, 4.69) is 24.1 Å². The van der Waals surface area contributed by atoms with Crippen molar-refractivity contribution in [1.82, 2.24) is 15.1 Å². The second-order valence-corrected chi connectivity index (χ2v) is 11.3. The van der Waals surface area contributed by atoms with E-state index in [-0.39, 0.29) is 35.8 Å². The van der Waals surface area contributed by atoms with Crippen LogP contribution in [0.4, 0.5) is 0 Å². The lowest BCUT2D eigenvalue weighted by Crippen LogP contribution is -2.61. The molecule has 1 heterocycles. The highest BCUT2D eigenvalue weighted by Gasteiger charge is 2.40. The summed E-state index contributed by atoms with van der Waals surface area (Å²) in [6, 6.07) is -0.810. The van der Waals surface area contributed by atoms with E-state index >= 15 is 0 Å². The summed E-state index contributed by atoms with van der Waals surface area (Å²) in [4.78, 5) is 43.6. The first-order chi connectivity index (χ1) is 16.3. The van der Waals surface area contributed by atoms with Crippen LogP contribution in [0.5, 0.6) is 0 Å². The van der Waals surface area contributed by atoms with E-state index < -0.39 is 11.5 Å². The van der Waals surface area contributed by atoms with Crippen LogP contribution in [0.3, 0.4) is 0 Å². The van der Waals surface area contributed by atoms with E-state index in [0.29, 0.717) is 18.2 Å². The fourth-order valence-electron chi connectivity index (χ4n) is 4.99. The Hall–Kier alpha value is -1.89. The number of likely N-dealkylation sites (N-methyl/N-ethyl adjacent to an activating group) is 1. The van der Waals surface area contributed by atoms with Crippen molar-refractivity contribution in [3.63, 3.8) is 0 Å². The Morgan fingerprint density at radius 2 is 1.71 bits per heavy atom. The molecule has 0 bridgehead atoms. The minimum absolute atomic E-state index is 0.0578. The lowest BCUT2D eigenvalue weighted by molar-refractivity contribution is -0.142. The summed E-state index contributed by atoms with van der Waals surface area (Å²) in [6.45, 7) is 19.0. The van der Waals surface area contributed by atoms with E-state index in [0.717, 1.165) is 38.6 Å². The van der Waals surface area contributed by atoms with E-state index in [1.807, 2.05) is 34.6 Å². The molecule has 7 nitrogen and oxygen atoms in total. The normalized spacial score (nSPS) is 19.4. The second-order valence-electron chi connectivity index (χ2n) is 11.3. The van der Waals surface area contributed by atoms with Gasteiger partial charge in [0.15, 0.2) is 0 Å². The van der Waals surface area contributed by atoms with Crippen molar-refractivity contribution < 1.29 is 19.1 Å². The fraction of sp³-hybridized carbons (Fsp3) is 0.821. The van der Waals surface area contributed by atoms with Crippen molar-refractivity contribution in [2.24, 2.45) is 11.3 Å². The largest absolute Gasteiger partial charge is 0.463 e. The molecule has 0 spiro atoms. The molecule has 1 saturated heterocycles. The highest BCUT2D eigenvalue weighted by Crippen LogP contribution is 2.27. The number of hydrogen-bond donors (Lipinski definition) is 1. The number of likely N-dealkylation sites (tertiary alicyclic amines) is 1. The Balaban J connectivity index is 3.19. The van der Waals surface area contributed by atoms with Crippen LogP contribution in [0.15, 0.2) is 11.6 Å². The van der Waals surface area contributed by atoms with Crippen LogP contribution in [0.2, 0.25) is 0 Å². The summed E-state index contributed by atoms with van der Waals surface area (Å²) in [5.74, 6) is -0.508. The zero-order valence-corrected chi connectivity index (χ0v) is 23.9. The van der Waals surface area contributed by atoms with E-state index in [4.69, 9.17) is 4.74 Å². The Morgan fingerprint density at radius 1 is 1.11 bits per heavy atom. The maximum atomic E-state index is 13.8. The molecule has 202 valence electrons. The first-order valence-corrected chi connectivity index (χ1v) is 13.5. The Morgan fingerprint density at radius 3 is 2.20 bits per heavy atom. The van der Waals surface area contributed by atoms with Gasteiger partial charge in [-0.25, -0.2) is 4.79 Å². The molecule has 0 radical (unpaired) electrons. The Bertz CT molecular complexity index is 737. The number of hydrogen-bond acceptors (Lipinski definition) is 5. The first kappa shape index (κ1) is 31.1. The number of ether oxygens (including phenoxy) is 1. The number of carbonyl (C=O) groups excluding carboxylic acids is 3. The Kier molecular flexibility index (Phi) is 12.5. The van der Waals surface area contributed by atoms with Gasteiger partial charge in [-0.05, 0) is 57.4 Å². The molecule has 3 atom stereocenters. The van der Waals surface area contributed by atoms with Gasteiger partial charge in [0, 0.05) is 18.7 Å². The molecule has 1 fully saturated rings. The van der Waals surface area contributed by atoms with Gasteiger partial charge < -0.3 is 15.0 Å². The van der Waals surface area contributed by atoms with Gasteiger partial charge in [0.2, 0.25) is 11.8 Å². The molecule has 35 heavy (non-hydrogen) atoms. The molecule has 1 aliphatic heterocycles. The van der Waals surface area contributed by atoms with Gasteiger partial charge in [0.25, 0.3) is 0 Å². The van der Waals surface area contributed by atoms with Crippen molar-refractivity contribution >= 4 is 17.8 Å². The van der Waals surface area contributed by atoms with Crippen molar-refractivity contribution in [3.05, 3.63) is 11.6 Å². The van der Waals surface area contributed by atoms with Crippen LogP contribution in [0.25, 0.3) is 0 Å². The Labute approximate surface area is 214 Å². The summed E-state index contributed by atoms with van der Waals surface area (Å²) in [7, 11) is 1.75. The van der Waals surface area contributed by atoms with Gasteiger partial charge in [-0.15, -0.1) is 0 Å². The molecule has 0 unspecified atom stereocenters. The quantitative estimate of drug-likeness (QED) is 0.337. The summed E-state index contributed by atoms with van der Waals surface area (Å²) in [5, 5.41) is 3.15. The number of nitrogens with one attached hydrogen (secondary N) is 1. The van der Waals surface area contributed by atoms with Crippen molar-refractivity contribution in [2.45, 2.75) is 119 Å². The number of esters is 1. The number of carbonyl (C=O) groups is 3. The molecular weight excluding hydrogens is 442 g/mol. The molecule has 2 amide bonds. The molecule has 0 saturated carbocycles. The molecule has 1 N–H and O–H groups in total. The summed E-state index contributed by atoms with van der Waals surface area (Å²) in [6.07, 6.45) is 6.76. The monoisotopic (exact) mass is 493 g/mol. The zero-order chi connectivity index (χ0) is 26.9. The lowest BCUT2D eigenvalue weighted by atomic mass is 9.84. The first-order valence-electron chi connectivity index (χ1n) is 13.5. The predicted molar refractivity (Wildman–Crippen MR) is 142 cm³/mol. The maximum Gasteiger partial charge on any atom is 0.333 e. The highest BCUT2D eigenvalue weighted by atomic mass is 16.5. The molecule has 0 aromatic carbocycles. The van der Waals surface area contributed by atoms with Crippen LogP contribution >= 0.6 is 0 Å². The molecule has 1 rings (SSSR count). The predicted octanol–water partition coefficient (Wildman–Crippen LogP) is 4.55. The van der Waals surface area contributed by atoms with Crippen LogP contribution in [-0.2, 0) is 19.1 Å². The van der Waals surface area contributed by atoms with Crippen LogP contribution in [0, 0.1) is 11.3 Å². The standard InChI is InChI=1S/C28H51N3O4/c1-11-21(12-2)31-17-15-14-16-22(31)25(32)29-24(28(7,8)9)26(33)30(10)23(19(4)5)18-20(6)27(34)35-13-3/h18-19,21-24H,11-17H2,1-10H3,(H,29,32)/b20-18+/t22-,23-,24-/m1/s1. The van der Waals surface area contributed by atoms with Gasteiger partial charge in [-0.1, -0.05) is 61.0 Å². The number of piperidine rings is 1. The minimum Gasteiger partial charge on any atom is -0.463 e. The third kappa shape index (κ3) is 8.62. The molecular formula is C28H51N3O4. The number of amides is 2. The van der Waals surface area contributed by atoms with Crippen LogP contribution < -0.4 is 5.32 Å². The third-order valence-electron chi connectivity index (χ3n) is 7.15. The summed E-state index contributed by atoms with van der Waals surface area (Å²) >= 11 is 0. The molecule has 7 heteroatoms. The van der Waals surface area contributed by atoms with E-state index in [9.17, 15) is 14.4 Å². The average molecular weight is 494 g/mol. The second kappa shape index (κ2) is 14.0. The van der Waals surface area contributed by atoms with Gasteiger partial charge >= 0.3 is 5.97 Å². The highest BCUT2D eigenvalue weighted by molar-refractivity contribution is 5.91. The van der Waals surface area contributed by atoms with Gasteiger partial charge in [0.1, 0.15) is 6.04 Å². The van der Waals surface area contributed by atoms with E-state index in [1.165, 1.54) is 0 Å². The van der Waals surface area contributed by atoms with Gasteiger partial charge in [-0.2, -0.15) is 0 Å². The van der Waals surface area contributed by atoms with Crippen LogP contribution in [-0.4, -0.2) is 72.0 Å². The smallest absolute Gasteiger partial charge is 0.333 e. The SMILES string of the molecule is CCOC(=O)/C(C)=C/[C@H](C(C)C)N(C)C(=O)[C@@H](NC(=O)[C@H]1CCCCN1C(CC)CC)C(C)(C)C. The molecule has 0 aliphatic carbocycles. The summed E-state index contributed by atoms with van der Waals surface area (Å²) < 4.78 is 5.12. The van der Waals surface area contributed by atoms with Crippen molar-refractivity contribution in [3.8, 4) is 0 Å². The molecule has 1 aliphatic rings. The van der Waals surface area contributed by atoms with E-state index in [1.54, 1.807) is 31.9 Å². The number of rotatable bonds is 11. The fourth-order valence-corrected chi connectivity index (χ4v) is 4.99. The summed E-state index contributed by atoms with van der Waals surface area (Å²) in [5.41, 5.74) is 0.00110. The average Bonchev–Trinajstić information content (AvgIpc) is 2.80. The minimum atomic E-state index is -0.678. The van der Waals surface area contributed by atoms with Gasteiger partial charge in [0.05, 0.1) is 18.7 Å². The van der Waals surface area contributed by atoms with Gasteiger partial charge in [-0.3, -0.25) is 14.5 Å². The molecule has 0 aromatic heterocycles. The van der Waals surface area contributed by atoms with Crippen molar-refractivity contribution in [2.75, 3.05) is 20.2 Å². The maximum absolute atomic E-state index is 13.8. The lowest BCUT2D eigenvalue weighted by Gasteiger charge is -2.42. The number of nitrogens with zero attached hydrogens (tertiary/aromatic N) is 2.